The van der Waals surface area contributed by atoms with Gasteiger partial charge in [-0.1, -0.05) is 75.9 Å². The minimum absolute atomic E-state index is 0.00625. The van der Waals surface area contributed by atoms with Gasteiger partial charge in [0.1, 0.15) is 86.6 Å². The second-order valence-electron chi connectivity index (χ2n) is 20.1. The van der Waals surface area contributed by atoms with E-state index in [1.807, 2.05) is 54.9 Å². The Kier molecular flexibility index (Phi) is 19.1. The molecule has 10 bridgehead atoms. The van der Waals surface area contributed by atoms with Crippen molar-refractivity contribution in [3.05, 3.63) is 172 Å². The molecule has 89 heavy (non-hydrogen) atoms. The predicted octanol–water partition coefficient (Wildman–Crippen LogP) is 8.08. The number of pyridine rings is 1. The number of nitrogens with zero attached hydrogens (tertiary/aromatic N) is 7. The van der Waals surface area contributed by atoms with E-state index < -0.39 is 82.9 Å². The van der Waals surface area contributed by atoms with E-state index in [1.54, 1.807) is 41.9 Å². The Bertz CT molecular complexity index is 4240. The lowest BCUT2D eigenvalue weighted by Crippen LogP contribution is -2.49. The summed E-state index contributed by atoms with van der Waals surface area (Å²) in [5.74, 6) is -6.60. The maximum absolute atomic E-state index is 14.8. The summed E-state index contributed by atoms with van der Waals surface area (Å²) in [6.45, 7) is 12.4. The van der Waals surface area contributed by atoms with Gasteiger partial charge >= 0.3 is 5.97 Å². The molecule has 24 nitrogen and oxygen atoms in total. The number of carboxylic acids is 1. The van der Waals surface area contributed by atoms with Crippen molar-refractivity contribution < 1.29 is 48.6 Å². The minimum Gasteiger partial charge on any atom is -0.508 e. The summed E-state index contributed by atoms with van der Waals surface area (Å²) in [4.78, 5) is 142. The number of aromatic nitrogens is 7. The zero-order valence-corrected chi connectivity index (χ0v) is 52.1. The standard InChI is InChI=1S/C59H52N14O10S6/c1-6-26(2)44-58-71-41(25-87-58)56-68-38(22-84-56)46-33(16-17-34(64-46)54-69-39(23-85-54)49(78)62-27(3)47(76)63-28(4)59(82)83)53-61-21-42(89-53)51(80)66-37(20-43(60)75)57-73-45(29(5)88-57)52(81)67-36(19-30-10-8-7-9-11-30)55-70-40(24-86-55)50(79)65-35(48(77)72-44)18-31-12-14-32(74)15-13-31/h7-17,21-26,35-37,44,74H,3-4,6,18-20H2,1-2,5H3,(H2,60,75)(H,62,78)(H,63,76)(H,65,79)(H,66,80)(H,67,81)(H,72,77)(H,82,83). The number of rotatable bonds is 14. The van der Waals surface area contributed by atoms with Crippen LogP contribution in [0.15, 0.2) is 119 Å². The Morgan fingerprint density at radius 3 is 2.04 bits per heavy atom. The highest BCUT2D eigenvalue weighted by Crippen LogP contribution is 2.40. The number of hydrogen-bond donors (Lipinski definition) is 9. The van der Waals surface area contributed by atoms with E-state index in [4.69, 9.17) is 30.8 Å². The van der Waals surface area contributed by atoms with Crippen LogP contribution in [0.1, 0.15) is 117 Å². The third kappa shape index (κ3) is 14.7. The third-order valence-corrected chi connectivity index (χ3v) is 19.5. The molecular weight excluding hydrogens is 1260 g/mol. The fourth-order valence-corrected chi connectivity index (χ4v) is 14.2. The molecule has 7 aromatic heterocycles. The number of thiazole rings is 6. The summed E-state index contributed by atoms with van der Waals surface area (Å²) in [7, 11) is 0. The van der Waals surface area contributed by atoms with Gasteiger partial charge in [0.25, 0.3) is 29.5 Å². The van der Waals surface area contributed by atoms with E-state index in [9.17, 15) is 43.5 Å². The predicted molar refractivity (Wildman–Crippen MR) is 337 cm³/mol. The first-order valence-electron chi connectivity index (χ1n) is 27.0. The second kappa shape index (κ2) is 27.2. The van der Waals surface area contributed by atoms with Gasteiger partial charge in [-0.15, -0.1) is 68.0 Å². The number of aliphatic carboxylic acids is 1. The Morgan fingerprint density at radius 1 is 0.640 bits per heavy atom. The van der Waals surface area contributed by atoms with Crippen LogP contribution >= 0.6 is 68.0 Å². The van der Waals surface area contributed by atoms with Gasteiger partial charge in [-0.3, -0.25) is 33.6 Å². The molecule has 454 valence electrons. The third-order valence-electron chi connectivity index (χ3n) is 13.8. The van der Waals surface area contributed by atoms with Crippen molar-refractivity contribution >= 4 is 115 Å². The van der Waals surface area contributed by atoms with Crippen molar-refractivity contribution in [3.63, 3.8) is 0 Å². The van der Waals surface area contributed by atoms with Crippen LogP contribution in [0.3, 0.4) is 0 Å². The van der Waals surface area contributed by atoms with Crippen LogP contribution in [-0.2, 0) is 32.0 Å². The number of aryl methyl sites for hydroxylation is 1. The van der Waals surface area contributed by atoms with E-state index in [1.165, 1.54) is 46.4 Å². The normalized spacial score (nSPS) is 16.6. The Morgan fingerprint density at radius 2 is 1.30 bits per heavy atom. The first kappa shape index (κ1) is 62.5. The number of amides is 7. The number of nitrogens with one attached hydrogen (secondary N) is 6. The molecular formula is C59H52N14O10S6. The molecule has 8 heterocycles. The highest BCUT2D eigenvalue weighted by Gasteiger charge is 2.33. The van der Waals surface area contributed by atoms with Crippen molar-refractivity contribution in [3.8, 4) is 49.1 Å². The maximum Gasteiger partial charge on any atom is 0.351 e. The lowest BCUT2D eigenvalue weighted by molar-refractivity contribution is -0.134. The lowest BCUT2D eigenvalue weighted by atomic mass is 9.98. The average molecular weight is 1310 g/mol. The van der Waals surface area contributed by atoms with E-state index >= 15 is 0 Å². The lowest BCUT2D eigenvalue weighted by Gasteiger charge is -2.26. The Balaban J connectivity index is 1.04. The topological polar surface area (TPSA) is 365 Å². The van der Waals surface area contributed by atoms with Gasteiger partial charge in [-0.2, -0.15) is 0 Å². The van der Waals surface area contributed by atoms with Gasteiger partial charge in [-0.25, -0.2) is 39.7 Å². The van der Waals surface area contributed by atoms with Crippen LogP contribution in [0.25, 0.3) is 43.4 Å². The molecule has 5 unspecified atom stereocenters. The molecule has 1 aliphatic rings. The second-order valence-corrected chi connectivity index (χ2v) is 25.9. The summed E-state index contributed by atoms with van der Waals surface area (Å²) >= 11 is 6.88. The minimum atomic E-state index is -1.48. The average Bonchev–Trinajstić information content (AvgIpc) is 1.76. The molecule has 1 aliphatic heterocycles. The molecule has 0 fully saturated rings. The van der Waals surface area contributed by atoms with Crippen LogP contribution in [0, 0.1) is 12.8 Å². The largest absolute Gasteiger partial charge is 0.508 e. The Hall–Kier alpha value is -9.59. The molecule has 9 aromatic rings. The van der Waals surface area contributed by atoms with Crippen molar-refractivity contribution in [1.29, 1.82) is 0 Å². The summed E-state index contributed by atoms with van der Waals surface area (Å²) in [5.41, 5.74) is 7.92. The SMILES string of the molecule is C=C(NC(=O)C(=C)NC(=O)c1csc(-c2ccc3c(n2)-c2csc(n2)-c2csc(n2)C(C(C)CC)NC(=O)C(Cc2ccc(O)cc2)NC(=O)c2csc(n2)C(Cc2ccccc2)NC(=O)c2nc(sc2C)C(CC(N)=O)NC(=O)c2cnc-3s2)n1)C(=O)O. The number of nitrogens with two attached hydrogens (primary N) is 1. The highest BCUT2D eigenvalue weighted by atomic mass is 32.1. The number of carboxylic acid groups (broad SMARTS) is 1. The van der Waals surface area contributed by atoms with Crippen molar-refractivity contribution in [1.82, 2.24) is 66.8 Å². The first-order valence-corrected chi connectivity index (χ1v) is 32.2. The van der Waals surface area contributed by atoms with Gasteiger partial charge in [0, 0.05) is 38.4 Å². The summed E-state index contributed by atoms with van der Waals surface area (Å²) in [6.07, 6.45) is 1.90. The number of carbonyl (C=O) groups excluding carboxylic acids is 7. The molecule has 10 N–H and O–H groups in total. The fourth-order valence-electron chi connectivity index (χ4n) is 8.98. The number of hydrogen-bond acceptors (Lipinski definition) is 22. The zero-order chi connectivity index (χ0) is 63.2. The monoisotopic (exact) mass is 1310 g/mol. The summed E-state index contributed by atoms with van der Waals surface area (Å²) in [5, 5.41) is 44.4. The number of primary amides is 1. The molecule has 0 spiro atoms. The van der Waals surface area contributed by atoms with Gasteiger partial charge < -0.3 is 47.8 Å². The van der Waals surface area contributed by atoms with Gasteiger partial charge in [0.2, 0.25) is 11.8 Å². The fraction of sp³-hybridized carbons (Fsp3) is 0.203. The van der Waals surface area contributed by atoms with Crippen molar-refractivity contribution in [2.45, 2.75) is 70.6 Å². The molecule has 30 heteroatoms. The van der Waals surface area contributed by atoms with Crippen LogP contribution in [0.2, 0.25) is 0 Å². The van der Waals surface area contributed by atoms with Crippen LogP contribution < -0.4 is 37.6 Å². The van der Waals surface area contributed by atoms with E-state index in [0.29, 0.717) is 59.5 Å². The van der Waals surface area contributed by atoms with Crippen LogP contribution in [0.4, 0.5) is 0 Å². The molecule has 7 amide bonds. The van der Waals surface area contributed by atoms with Gasteiger partial charge in [-0.05, 0) is 54.7 Å². The number of phenols is 1. The van der Waals surface area contributed by atoms with Crippen molar-refractivity contribution in [2.24, 2.45) is 11.7 Å². The van der Waals surface area contributed by atoms with Gasteiger partial charge in [0.15, 0.2) is 0 Å². The molecule has 0 saturated carbocycles. The number of aromatic hydroxyl groups is 1. The van der Waals surface area contributed by atoms with E-state index in [0.717, 1.165) is 50.9 Å². The molecule has 0 radical (unpaired) electrons. The number of phenolic OH excluding ortho intramolecular Hbond substituents is 1. The maximum atomic E-state index is 14.8. The van der Waals surface area contributed by atoms with E-state index in [2.05, 4.69) is 54.7 Å². The van der Waals surface area contributed by atoms with Gasteiger partial charge in [0.05, 0.1) is 42.1 Å². The summed E-state index contributed by atoms with van der Waals surface area (Å²) in [6, 6.07) is 15.3. The zero-order valence-electron chi connectivity index (χ0n) is 47.2. The number of carbonyl (C=O) groups is 8. The number of benzene rings is 2. The first-order chi connectivity index (χ1) is 42.7. The molecule has 0 saturated heterocycles. The molecule has 5 atom stereocenters. The molecule has 0 aliphatic carbocycles. The number of fused-ring (bicyclic) bond motifs is 14. The summed E-state index contributed by atoms with van der Waals surface area (Å²) < 4.78 is 0. The van der Waals surface area contributed by atoms with Crippen molar-refractivity contribution in [2.75, 3.05) is 0 Å². The highest BCUT2D eigenvalue weighted by molar-refractivity contribution is 7.17. The Labute approximate surface area is 530 Å². The smallest absolute Gasteiger partial charge is 0.351 e. The van der Waals surface area contributed by atoms with Crippen LogP contribution in [-0.4, -0.2) is 98.5 Å². The molecule has 2 aromatic carbocycles. The quantitative estimate of drug-likeness (QED) is 0.0464. The van der Waals surface area contributed by atoms with Crippen LogP contribution in [0.5, 0.6) is 5.75 Å². The molecule has 10 rings (SSSR count). The van der Waals surface area contributed by atoms with E-state index in [-0.39, 0.29) is 68.6 Å².